The summed E-state index contributed by atoms with van der Waals surface area (Å²) in [7, 11) is 0. The maximum atomic E-state index is 4.99. The van der Waals surface area contributed by atoms with Crippen LogP contribution in [0, 0.1) is 13.8 Å². The topological polar surface area (TPSA) is 0 Å². The summed E-state index contributed by atoms with van der Waals surface area (Å²) >= 11 is 4.99. The molecule has 48 valence electrons. The minimum Gasteiger partial charge on any atom is -0.780 e. The number of aryl methyl sites for hydroxylation is 2. The van der Waals surface area contributed by atoms with Gasteiger partial charge in [0, 0.05) is 0 Å². The fourth-order valence-corrected chi connectivity index (χ4v) is 1.30. The smallest absolute Gasteiger partial charge is 0.780 e. The predicted molar refractivity (Wildman–Crippen MR) is 41.5 cm³/mol. The van der Waals surface area contributed by atoms with E-state index in [9.17, 15) is 0 Å². The van der Waals surface area contributed by atoms with Crippen molar-refractivity contribution in [2.75, 3.05) is 0 Å². The van der Waals surface area contributed by atoms with Crippen molar-refractivity contribution >= 4 is 12.6 Å². The third kappa shape index (κ3) is 3.02. The fraction of sp³-hybridized carbons (Fsp3) is 0.250. The molecule has 0 saturated heterocycles. The minimum atomic E-state index is 0. The zero-order valence-electron chi connectivity index (χ0n) is 6.64. The molecule has 10 heavy (non-hydrogen) atoms. The van der Waals surface area contributed by atoms with E-state index < -0.39 is 0 Å². The molecule has 0 N–H and O–H groups in total. The molecule has 0 atom stereocenters. The van der Waals surface area contributed by atoms with E-state index in [2.05, 4.69) is 19.9 Å². The fourth-order valence-electron chi connectivity index (χ4n) is 0.933. The molecule has 2 heteroatoms. The predicted octanol–water partition coefficient (Wildman–Crippen LogP) is -0.787. The average molecular weight is 160 g/mol. The van der Waals surface area contributed by atoms with Gasteiger partial charge in [-0.05, 0) is 13.8 Å². The molecule has 0 aliphatic carbocycles. The first kappa shape index (κ1) is 10.4. The van der Waals surface area contributed by atoms with E-state index in [1.807, 2.05) is 12.1 Å². The molecule has 1 rings (SSSR count). The zero-order valence-corrected chi connectivity index (χ0v) is 9.46. The Bertz CT molecular complexity index is 170. The van der Waals surface area contributed by atoms with Gasteiger partial charge in [-0.1, -0.05) is 29.3 Å². The Kier molecular flexibility index (Phi) is 4.54. The van der Waals surface area contributed by atoms with Gasteiger partial charge in [-0.25, -0.2) is 0 Å². The van der Waals surface area contributed by atoms with Gasteiger partial charge >= 0.3 is 29.6 Å². The van der Waals surface area contributed by atoms with E-state index in [0.29, 0.717) is 0 Å². The molecular formula is C8H9NaS. The molecule has 0 saturated carbocycles. The van der Waals surface area contributed by atoms with Crippen LogP contribution < -0.4 is 29.6 Å². The molecule has 0 spiro atoms. The van der Waals surface area contributed by atoms with Crippen LogP contribution in [0.1, 0.15) is 11.1 Å². The van der Waals surface area contributed by atoms with Gasteiger partial charge in [0.25, 0.3) is 0 Å². The maximum absolute atomic E-state index is 4.99. The Hall–Kier alpha value is 0.440. The van der Waals surface area contributed by atoms with E-state index in [0.717, 1.165) is 4.90 Å². The van der Waals surface area contributed by atoms with Gasteiger partial charge in [-0.15, -0.1) is 0 Å². The molecule has 0 amide bonds. The van der Waals surface area contributed by atoms with Crippen LogP contribution in [0.2, 0.25) is 0 Å². The van der Waals surface area contributed by atoms with E-state index in [4.69, 9.17) is 12.6 Å². The van der Waals surface area contributed by atoms with Gasteiger partial charge in [-0.2, -0.15) is 4.90 Å². The molecule has 0 heterocycles. The number of hydrogen-bond donors (Lipinski definition) is 0. The van der Waals surface area contributed by atoms with Crippen molar-refractivity contribution in [1.29, 1.82) is 0 Å². The largest absolute Gasteiger partial charge is 1.00 e. The second kappa shape index (κ2) is 4.35. The number of benzene rings is 1. The molecule has 0 aliphatic heterocycles. The molecule has 0 nitrogen and oxygen atoms in total. The third-order valence-electron chi connectivity index (χ3n) is 1.20. The summed E-state index contributed by atoms with van der Waals surface area (Å²) in [5, 5.41) is 0. The van der Waals surface area contributed by atoms with Crippen LogP contribution in [0.4, 0.5) is 0 Å². The van der Waals surface area contributed by atoms with Gasteiger partial charge in [0.2, 0.25) is 0 Å². The summed E-state index contributed by atoms with van der Waals surface area (Å²) in [6, 6.07) is 6.13. The second-order valence-corrected chi connectivity index (χ2v) is 2.79. The van der Waals surface area contributed by atoms with Gasteiger partial charge in [-0.3, -0.25) is 0 Å². The van der Waals surface area contributed by atoms with Crippen LogP contribution in [0.15, 0.2) is 23.1 Å². The molecule has 0 bridgehead atoms. The molecule has 0 aliphatic rings. The van der Waals surface area contributed by atoms with Gasteiger partial charge in [0.15, 0.2) is 0 Å². The molecular weight excluding hydrogens is 151 g/mol. The van der Waals surface area contributed by atoms with Crippen molar-refractivity contribution in [1.82, 2.24) is 0 Å². The van der Waals surface area contributed by atoms with E-state index in [1.54, 1.807) is 0 Å². The van der Waals surface area contributed by atoms with E-state index in [1.165, 1.54) is 11.1 Å². The van der Waals surface area contributed by atoms with Crippen LogP contribution in [-0.2, 0) is 12.6 Å². The van der Waals surface area contributed by atoms with E-state index in [-0.39, 0.29) is 29.6 Å². The molecule has 1 aromatic rings. The van der Waals surface area contributed by atoms with Crippen LogP contribution in [0.5, 0.6) is 0 Å². The van der Waals surface area contributed by atoms with Crippen LogP contribution >= 0.6 is 0 Å². The molecule has 0 radical (unpaired) electrons. The summed E-state index contributed by atoms with van der Waals surface area (Å²) in [5.74, 6) is 0. The standard InChI is InChI=1S/C8H10S.Na/c1-6-3-7(2)5-8(9)4-6;/h3-5,9H,1-2H3;/q;+1/p-1. The van der Waals surface area contributed by atoms with Gasteiger partial charge in [0.1, 0.15) is 0 Å². The van der Waals surface area contributed by atoms with Gasteiger partial charge < -0.3 is 12.6 Å². The summed E-state index contributed by atoms with van der Waals surface area (Å²) < 4.78 is 0. The van der Waals surface area contributed by atoms with Crippen molar-refractivity contribution in [3.05, 3.63) is 29.3 Å². The second-order valence-electron chi connectivity index (χ2n) is 2.32. The molecule has 0 unspecified atom stereocenters. The first-order valence-electron chi connectivity index (χ1n) is 2.94. The Balaban J connectivity index is 0.000000810. The number of rotatable bonds is 0. The van der Waals surface area contributed by atoms with E-state index >= 15 is 0 Å². The normalized spacial score (nSPS) is 8.60. The first-order valence-corrected chi connectivity index (χ1v) is 3.34. The van der Waals surface area contributed by atoms with Crippen molar-refractivity contribution in [2.24, 2.45) is 0 Å². The summed E-state index contributed by atoms with van der Waals surface area (Å²) in [5.41, 5.74) is 2.50. The van der Waals surface area contributed by atoms with Crippen molar-refractivity contribution < 1.29 is 29.6 Å². The molecule has 0 aromatic heterocycles. The van der Waals surface area contributed by atoms with Crippen LogP contribution in [0.25, 0.3) is 0 Å². The van der Waals surface area contributed by atoms with Crippen molar-refractivity contribution in [3.63, 3.8) is 0 Å². The van der Waals surface area contributed by atoms with Crippen molar-refractivity contribution in [2.45, 2.75) is 18.7 Å². The molecule has 1 aromatic carbocycles. The SMILES string of the molecule is Cc1cc(C)cc([S-])c1.[Na+]. The quantitative estimate of drug-likeness (QED) is 0.354. The monoisotopic (exact) mass is 160 g/mol. The Morgan fingerprint density at radius 2 is 1.40 bits per heavy atom. The van der Waals surface area contributed by atoms with Crippen molar-refractivity contribution in [3.8, 4) is 0 Å². The summed E-state index contributed by atoms with van der Waals surface area (Å²) in [6.07, 6.45) is 0. The minimum absolute atomic E-state index is 0. The number of hydrogen-bond acceptors (Lipinski definition) is 1. The average Bonchev–Trinajstić information content (AvgIpc) is 1.59. The third-order valence-corrected chi connectivity index (χ3v) is 1.43. The van der Waals surface area contributed by atoms with Crippen LogP contribution in [0.3, 0.4) is 0 Å². The summed E-state index contributed by atoms with van der Waals surface area (Å²) in [4.78, 5) is 0.938. The Morgan fingerprint density at radius 1 is 1.00 bits per heavy atom. The summed E-state index contributed by atoms with van der Waals surface area (Å²) in [6.45, 7) is 4.12. The Labute approximate surface area is 89.7 Å². The molecule has 0 fully saturated rings. The zero-order chi connectivity index (χ0) is 6.85. The van der Waals surface area contributed by atoms with Gasteiger partial charge in [0.05, 0.1) is 0 Å². The van der Waals surface area contributed by atoms with Crippen LogP contribution in [-0.4, -0.2) is 0 Å². The first-order chi connectivity index (χ1) is 4.18. The Morgan fingerprint density at radius 3 is 1.70 bits per heavy atom. The maximum Gasteiger partial charge on any atom is 1.00 e.